The third kappa shape index (κ3) is 2.88. The summed E-state index contributed by atoms with van der Waals surface area (Å²) in [5.41, 5.74) is 0.948. The normalized spacial score (nSPS) is 24.3. The van der Waals surface area contributed by atoms with Crippen LogP contribution in [0.1, 0.15) is 0 Å². The lowest BCUT2D eigenvalue weighted by Gasteiger charge is -2.34. The zero-order valence-corrected chi connectivity index (χ0v) is 15.3. The van der Waals surface area contributed by atoms with Crippen molar-refractivity contribution in [1.29, 1.82) is 0 Å². The molecule has 2 fully saturated rings. The molecule has 10 heteroatoms. The van der Waals surface area contributed by atoms with Gasteiger partial charge >= 0.3 is 6.09 Å². The predicted octanol–water partition coefficient (Wildman–Crippen LogP) is 1.76. The second kappa shape index (κ2) is 6.59. The fraction of sp³-hybridized carbons (Fsp3) is 0.471. The number of anilines is 2. The predicted molar refractivity (Wildman–Crippen MR) is 98.0 cm³/mol. The number of benzene rings is 1. The molecule has 8 nitrogen and oxygen atoms in total. The van der Waals surface area contributed by atoms with E-state index in [4.69, 9.17) is 9.47 Å². The van der Waals surface area contributed by atoms with Crippen molar-refractivity contribution < 1.29 is 18.7 Å². The van der Waals surface area contributed by atoms with Gasteiger partial charge in [-0.3, -0.25) is 4.90 Å². The topological polar surface area (TPSA) is 72.7 Å². The maximum Gasteiger partial charge on any atom is 0.415 e. The molecule has 1 aromatic carbocycles. The zero-order chi connectivity index (χ0) is 18.4. The van der Waals surface area contributed by atoms with E-state index in [9.17, 15) is 9.18 Å². The molecule has 4 heterocycles. The van der Waals surface area contributed by atoms with Crippen molar-refractivity contribution in [3.8, 4) is 5.75 Å². The summed E-state index contributed by atoms with van der Waals surface area (Å²) >= 11 is 1.87. The van der Waals surface area contributed by atoms with Crippen molar-refractivity contribution in [2.24, 2.45) is 0 Å². The fourth-order valence-electron chi connectivity index (χ4n) is 3.76. The first kappa shape index (κ1) is 16.7. The van der Waals surface area contributed by atoms with Gasteiger partial charge in [-0.25, -0.2) is 13.9 Å². The summed E-state index contributed by atoms with van der Waals surface area (Å²) in [6.07, 6.45) is 2.35. The van der Waals surface area contributed by atoms with Gasteiger partial charge in [0, 0.05) is 42.9 Å². The Balaban J connectivity index is 1.44. The second-order valence-corrected chi connectivity index (χ2v) is 7.89. The summed E-state index contributed by atoms with van der Waals surface area (Å²) in [6, 6.07) is 2.76. The van der Waals surface area contributed by atoms with Crippen molar-refractivity contribution in [2.45, 2.75) is 18.7 Å². The Labute approximate surface area is 159 Å². The molecule has 0 unspecified atom stereocenters. The summed E-state index contributed by atoms with van der Waals surface area (Å²) in [6.45, 7) is 2.26. The molecule has 0 radical (unpaired) electrons. The molecule has 0 bridgehead atoms. The first-order chi connectivity index (χ1) is 13.2. The van der Waals surface area contributed by atoms with Crippen molar-refractivity contribution in [3.05, 3.63) is 30.3 Å². The average Bonchev–Trinajstić information content (AvgIpc) is 3.30. The Morgan fingerprint density at radius 3 is 2.89 bits per heavy atom. The van der Waals surface area contributed by atoms with Crippen LogP contribution in [0, 0.1) is 5.82 Å². The highest BCUT2D eigenvalue weighted by molar-refractivity contribution is 7.99. The van der Waals surface area contributed by atoms with Crippen molar-refractivity contribution in [3.63, 3.8) is 0 Å². The van der Waals surface area contributed by atoms with Crippen molar-refractivity contribution in [1.82, 2.24) is 15.0 Å². The van der Waals surface area contributed by atoms with Crippen molar-refractivity contribution in [2.75, 3.05) is 41.0 Å². The molecule has 0 saturated carbocycles. The van der Waals surface area contributed by atoms with E-state index in [1.165, 1.54) is 11.0 Å². The number of carbonyl (C=O) groups excluding carboxylic acids is 1. The minimum Gasteiger partial charge on any atom is -0.489 e. The van der Waals surface area contributed by atoms with Gasteiger partial charge in [0.2, 0.25) is 0 Å². The van der Waals surface area contributed by atoms with Gasteiger partial charge in [0.15, 0.2) is 0 Å². The third-order valence-corrected chi connectivity index (χ3v) is 6.04. The number of halogens is 1. The van der Waals surface area contributed by atoms with E-state index in [0.29, 0.717) is 30.3 Å². The number of hydrogen-bond acceptors (Lipinski definition) is 7. The van der Waals surface area contributed by atoms with E-state index in [1.54, 1.807) is 23.1 Å². The molecular weight excluding hydrogens is 373 g/mol. The van der Waals surface area contributed by atoms with E-state index in [0.717, 1.165) is 24.6 Å². The van der Waals surface area contributed by atoms with E-state index in [2.05, 4.69) is 10.3 Å². The minimum atomic E-state index is -0.490. The maximum absolute atomic E-state index is 14.8. The molecule has 2 saturated heterocycles. The number of carbonyl (C=O) groups is 1. The Kier molecular flexibility index (Phi) is 4.07. The summed E-state index contributed by atoms with van der Waals surface area (Å²) in [4.78, 5) is 16.0. The number of hydrogen-bond donors (Lipinski definition) is 0. The van der Waals surface area contributed by atoms with Crippen LogP contribution in [-0.2, 0) is 11.3 Å². The molecule has 5 rings (SSSR count). The van der Waals surface area contributed by atoms with Crippen LogP contribution in [0.4, 0.5) is 20.6 Å². The van der Waals surface area contributed by atoms with Crippen LogP contribution in [0.2, 0.25) is 0 Å². The van der Waals surface area contributed by atoms with Crippen LogP contribution in [-0.4, -0.2) is 64.4 Å². The highest BCUT2D eigenvalue weighted by atomic mass is 32.2. The van der Waals surface area contributed by atoms with Gasteiger partial charge < -0.3 is 14.4 Å². The number of rotatable bonds is 3. The summed E-state index contributed by atoms with van der Waals surface area (Å²) in [7, 11) is 0. The number of nitrogens with zero attached hydrogens (tertiary/aromatic N) is 5. The van der Waals surface area contributed by atoms with Gasteiger partial charge in [-0.15, -0.1) is 5.10 Å². The quantitative estimate of drug-likeness (QED) is 0.789. The molecule has 1 aromatic heterocycles. The van der Waals surface area contributed by atoms with Gasteiger partial charge in [0.1, 0.15) is 30.3 Å². The number of fused-ring (bicyclic) bond motifs is 3. The lowest BCUT2D eigenvalue weighted by atomic mass is 10.1. The van der Waals surface area contributed by atoms with Gasteiger partial charge in [-0.2, -0.15) is 11.8 Å². The number of aromatic nitrogens is 3. The molecular formula is C17H18FN5O3S. The monoisotopic (exact) mass is 391 g/mol. The largest absolute Gasteiger partial charge is 0.489 e. The summed E-state index contributed by atoms with van der Waals surface area (Å²) in [5, 5.41) is 7.67. The molecule has 0 N–H and O–H groups in total. The number of ether oxygens (including phenoxy) is 2. The van der Waals surface area contributed by atoms with E-state index in [-0.39, 0.29) is 11.9 Å². The Morgan fingerprint density at radius 1 is 1.26 bits per heavy atom. The summed E-state index contributed by atoms with van der Waals surface area (Å²) in [5.74, 6) is 2.11. The molecule has 3 aliphatic rings. The SMILES string of the molecule is O=C1O[C@@H](Cn2ccnn2)[C@@H]2COc3cc(N4CCSCC4)c(F)cc3N12. The first-order valence-corrected chi connectivity index (χ1v) is 9.99. The highest BCUT2D eigenvalue weighted by Gasteiger charge is 2.47. The molecule has 27 heavy (non-hydrogen) atoms. The molecule has 0 aliphatic carbocycles. The van der Waals surface area contributed by atoms with Crippen LogP contribution in [0.25, 0.3) is 0 Å². The van der Waals surface area contributed by atoms with E-state index in [1.807, 2.05) is 16.7 Å². The van der Waals surface area contributed by atoms with Gasteiger partial charge in [0.25, 0.3) is 0 Å². The second-order valence-electron chi connectivity index (χ2n) is 6.67. The standard InChI is InChI=1S/C17H18FN5O3S/c18-11-7-13-15(8-12(11)21-3-5-27-6-4-21)25-10-14-16(26-17(24)23(13)14)9-22-2-1-19-20-22/h1-2,7-8,14,16H,3-6,9-10H2/t14-,16-/m0/s1. The Hall–Kier alpha value is -2.49. The number of thioether (sulfide) groups is 1. The van der Waals surface area contributed by atoms with Crippen LogP contribution >= 0.6 is 11.8 Å². The Morgan fingerprint density at radius 2 is 2.11 bits per heavy atom. The third-order valence-electron chi connectivity index (χ3n) is 5.10. The molecule has 1 amide bonds. The zero-order valence-electron chi connectivity index (χ0n) is 14.5. The molecule has 3 aliphatic heterocycles. The molecule has 2 atom stereocenters. The molecule has 142 valence electrons. The molecule has 0 spiro atoms. The smallest absolute Gasteiger partial charge is 0.415 e. The number of cyclic esters (lactones) is 1. The minimum absolute atomic E-state index is 0.291. The van der Waals surface area contributed by atoms with Crippen LogP contribution in [0.5, 0.6) is 5.75 Å². The van der Waals surface area contributed by atoms with Crippen molar-refractivity contribution >= 4 is 29.2 Å². The maximum atomic E-state index is 14.8. The highest BCUT2D eigenvalue weighted by Crippen LogP contribution is 2.42. The fourth-order valence-corrected chi connectivity index (χ4v) is 4.66. The van der Waals surface area contributed by atoms with Gasteiger partial charge in [-0.1, -0.05) is 5.21 Å². The lowest BCUT2D eigenvalue weighted by molar-refractivity contribution is 0.106. The number of amides is 1. The Bertz CT molecular complexity index is 859. The lowest BCUT2D eigenvalue weighted by Crippen LogP contribution is -2.45. The van der Waals surface area contributed by atoms with E-state index < -0.39 is 12.2 Å². The first-order valence-electron chi connectivity index (χ1n) is 8.84. The van der Waals surface area contributed by atoms with Crippen LogP contribution in [0.3, 0.4) is 0 Å². The van der Waals surface area contributed by atoms with Gasteiger partial charge in [0.05, 0.1) is 24.1 Å². The average molecular weight is 391 g/mol. The van der Waals surface area contributed by atoms with E-state index >= 15 is 0 Å². The summed E-state index contributed by atoms with van der Waals surface area (Å²) < 4.78 is 27.9. The van der Waals surface area contributed by atoms with Gasteiger partial charge in [-0.05, 0) is 0 Å². The van der Waals surface area contributed by atoms with Crippen LogP contribution < -0.4 is 14.5 Å². The van der Waals surface area contributed by atoms with Crippen LogP contribution in [0.15, 0.2) is 24.5 Å². The molecule has 2 aromatic rings.